The van der Waals surface area contributed by atoms with Crippen LogP contribution in [0.2, 0.25) is 5.02 Å². The van der Waals surface area contributed by atoms with Crippen LogP contribution in [0.25, 0.3) is 0 Å². The van der Waals surface area contributed by atoms with Crippen LogP contribution in [0.3, 0.4) is 0 Å². The molecule has 1 aromatic rings. The molecule has 3 rings (SSSR count). The highest BCUT2D eigenvalue weighted by Gasteiger charge is 2.30. The van der Waals surface area contributed by atoms with Gasteiger partial charge in [0.15, 0.2) is 0 Å². The zero-order valence-corrected chi connectivity index (χ0v) is 16.1. The molecule has 2 fully saturated rings. The zero-order chi connectivity index (χ0) is 15.5. The van der Waals surface area contributed by atoms with Crippen molar-refractivity contribution in [1.29, 1.82) is 0 Å². The number of carbonyl (C=O) groups excluding carboxylic acids is 1. The van der Waals surface area contributed by atoms with Crippen LogP contribution in [0.1, 0.15) is 25.7 Å². The smallest absolute Gasteiger partial charge is 0.225 e. The van der Waals surface area contributed by atoms with Crippen LogP contribution in [0.15, 0.2) is 24.3 Å². The van der Waals surface area contributed by atoms with Crippen molar-refractivity contribution in [2.45, 2.75) is 31.7 Å². The first-order valence-electron chi connectivity index (χ1n) is 8.18. The molecule has 1 amide bonds. The maximum Gasteiger partial charge on any atom is 0.225 e. The van der Waals surface area contributed by atoms with E-state index in [0.717, 1.165) is 56.9 Å². The molecule has 0 spiro atoms. The van der Waals surface area contributed by atoms with Gasteiger partial charge in [-0.25, -0.2) is 0 Å². The quantitative estimate of drug-likeness (QED) is 0.837. The van der Waals surface area contributed by atoms with Crippen LogP contribution in [0.5, 0.6) is 0 Å². The normalized spacial score (nSPS) is 23.9. The molecule has 7 heteroatoms. The second-order valence-corrected chi connectivity index (χ2v) is 6.85. The molecular weight excluding hydrogens is 369 g/mol. The highest BCUT2D eigenvalue weighted by molar-refractivity contribution is 6.30. The average molecular weight is 395 g/mol. The number of nitrogens with two attached hydrogens (primary N) is 1. The minimum Gasteiger partial charge on any atom is -0.368 e. The van der Waals surface area contributed by atoms with Gasteiger partial charge in [0.2, 0.25) is 5.91 Å². The SMILES string of the molecule is Cl.Cl.NC1CCCC(C(=O)N2CCN(c3ccc(Cl)cc3)CC2)C1. The first-order chi connectivity index (χ1) is 10.6. The van der Waals surface area contributed by atoms with Crippen molar-refractivity contribution < 1.29 is 4.79 Å². The van der Waals surface area contributed by atoms with E-state index in [4.69, 9.17) is 17.3 Å². The molecule has 2 aliphatic rings. The van der Waals surface area contributed by atoms with E-state index in [9.17, 15) is 4.79 Å². The second-order valence-electron chi connectivity index (χ2n) is 6.41. The minimum absolute atomic E-state index is 0. The fraction of sp³-hybridized carbons (Fsp3) is 0.588. The van der Waals surface area contributed by atoms with Gasteiger partial charge in [-0.1, -0.05) is 18.0 Å². The Morgan fingerprint density at radius 1 is 1.04 bits per heavy atom. The number of hydrogen-bond acceptors (Lipinski definition) is 3. The second kappa shape index (κ2) is 9.71. The summed E-state index contributed by atoms with van der Waals surface area (Å²) in [4.78, 5) is 17.0. The molecule has 24 heavy (non-hydrogen) atoms. The lowest BCUT2D eigenvalue weighted by Crippen LogP contribution is -2.51. The molecule has 1 aromatic carbocycles. The van der Waals surface area contributed by atoms with Gasteiger partial charge in [-0.2, -0.15) is 0 Å². The Bertz CT molecular complexity index is 518. The molecule has 0 aromatic heterocycles. The van der Waals surface area contributed by atoms with Gasteiger partial charge in [-0.15, -0.1) is 24.8 Å². The predicted molar refractivity (Wildman–Crippen MR) is 105 cm³/mol. The van der Waals surface area contributed by atoms with E-state index >= 15 is 0 Å². The lowest BCUT2D eigenvalue weighted by atomic mass is 9.85. The molecular formula is C17H26Cl3N3O. The van der Waals surface area contributed by atoms with E-state index in [1.807, 2.05) is 29.2 Å². The molecule has 2 atom stereocenters. The van der Waals surface area contributed by atoms with Crippen molar-refractivity contribution in [3.63, 3.8) is 0 Å². The number of anilines is 1. The van der Waals surface area contributed by atoms with Gasteiger partial charge in [0.1, 0.15) is 0 Å². The number of benzene rings is 1. The summed E-state index contributed by atoms with van der Waals surface area (Å²) in [5.74, 6) is 0.455. The molecule has 1 aliphatic carbocycles. The fourth-order valence-corrected chi connectivity index (χ4v) is 3.67. The van der Waals surface area contributed by atoms with Crippen LogP contribution in [-0.4, -0.2) is 43.0 Å². The molecule has 0 radical (unpaired) electrons. The van der Waals surface area contributed by atoms with E-state index in [0.29, 0.717) is 5.91 Å². The van der Waals surface area contributed by atoms with E-state index in [1.54, 1.807) is 0 Å². The molecule has 1 aliphatic heterocycles. The standard InChI is InChI=1S/C17H24ClN3O.2ClH/c18-14-4-6-16(7-5-14)20-8-10-21(11-9-20)17(22)13-2-1-3-15(19)12-13;;/h4-7,13,15H,1-3,8-12,19H2;2*1H. The number of halogens is 3. The highest BCUT2D eigenvalue weighted by atomic mass is 35.5. The summed E-state index contributed by atoms with van der Waals surface area (Å²) in [5, 5.41) is 0.756. The Balaban J connectivity index is 0.00000144. The van der Waals surface area contributed by atoms with Crippen LogP contribution >= 0.6 is 36.4 Å². The van der Waals surface area contributed by atoms with Crippen molar-refractivity contribution >= 4 is 48.0 Å². The third kappa shape index (κ3) is 5.16. The van der Waals surface area contributed by atoms with Gasteiger partial charge in [-0.3, -0.25) is 4.79 Å². The van der Waals surface area contributed by atoms with E-state index in [2.05, 4.69) is 4.90 Å². The molecule has 0 bridgehead atoms. The van der Waals surface area contributed by atoms with Gasteiger partial charge in [-0.05, 0) is 43.5 Å². The average Bonchev–Trinajstić information content (AvgIpc) is 2.55. The Hall–Kier alpha value is -0.680. The summed E-state index contributed by atoms with van der Waals surface area (Å²) >= 11 is 5.93. The van der Waals surface area contributed by atoms with Gasteiger partial charge in [0.05, 0.1) is 0 Å². The zero-order valence-electron chi connectivity index (χ0n) is 13.7. The summed E-state index contributed by atoms with van der Waals surface area (Å²) < 4.78 is 0. The minimum atomic E-state index is 0. The van der Waals surface area contributed by atoms with Gasteiger partial charge < -0.3 is 15.5 Å². The Kier molecular flexibility index (Phi) is 8.65. The van der Waals surface area contributed by atoms with E-state index in [-0.39, 0.29) is 36.8 Å². The van der Waals surface area contributed by atoms with Crippen molar-refractivity contribution in [1.82, 2.24) is 4.90 Å². The topological polar surface area (TPSA) is 49.6 Å². The largest absolute Gasteiger partial charge is 0.368 e. The molecule has 1 saturated heterocycles. The van der Waals surface area contributed by atoms with Crippen LogP contribution in [0.4, 0.5) is 5.69 Å². The number of hydrogen-bond donors (Lipinski definition) is 1. The predicted octanol–water partition coefficient (Wildman–Crippen LogP) is 3.35. The van der Waals surface area contributed by atoms with Crippen molar-refractivity contribution in [3.8, 4) is 0 Å². The third-order valence-corrected chi connectivity index (χ3v) is 5.10. The molecule has 1 heterocycles. The Morgan fingerprint density at radius 2 is 1.67 bits per heavy atom. The number of amides is 1. The summed E-state index contributed by atoms with van der Waals surface area (Å²) in [5.41, 5.74) is 7.19. The van der Waals surface area contributed by atoms with Crippen molar-refractivity contribution in [2.75, 3.05) is 31.1 Å². The van der Waals surface area contributed by atoms with E-state index < -0.39 is 0 Å². The Labute approximate surface area is 161 Å². The van der Waals surface area contributed by atoms with Gasteiger partial charge in [0.25, 0.3) is 0 Å². The van der Waals surface area contributed by atoms with Crippen LogP contribution < -0.4 is 10.6 Å². The monoisotopic (exact) mass is 393 g/mol. The van der Waals surface area contributed by atoms with Crippen molar-refractivity contribution in [2.24, 2.45) is 11.7 Å². The highest BCUT2D eigenvalue weighted by Crippen LogP contribution is 2.26. The molecule has 2 N–H and O–H groups in total. The summed E-state index contributed by atoms with van der Waals surface area (Å²) in [6.07, 6.45) is 4.01. The number of rotatable bonds is 2. The summed E-state index contributed by atoms with van der Waals surface area (Å²) in [6.45, 7) is 3.36. The maximum absolute atomic E-state index is 12.6. The first kappa shape index (κ1) is 21.4. The first-order valence-corrected chi connectivity index (χ1v) is 8.56. The summed E-state index contributed by atoms with van der Waals surface area (Å²) in [6, 6.07) is 8.12. The maximum atomic E-state index is 12.6. The van der Waals surface area contributed by atoms with Crippen LogP contribution in [0, 0.1) is 5.92 Å². The fourth-order valence-electron chi connectivity index (χ4n) is 3.55. The molecule has 4 nitrogen and oxygen atoms in total. The lowest BCUT2D eigenvalue weighted by Gasteiger charge is -2.38. The summed E-state index contributed by atoms with van der Waals surface area (Å²) in [7, 11) is 0. The third-order valence-electron chi connectivity index (χ3n) is 4.85. The van der Waals surface area contributed by atoms with E-state index in [1.165, 1.54) is 5.69 Å². The van der Waals surface area contributed by atoms with Gasteiger partial charge >= 0.3 is 0 Å². The molecule has 1 saturated carbocycles. The van der Waals surface area contributed by atoms with Crippen molar-refractivity contribution in [3.05, 3.63) is 29.3 Å². The van der Waals surface area contributed by atoms with Crippen LogP contribution in [-0.2, 0) is 4.79 Å². The number of nitrogens with zero attached hydrogens (tertiary/aromatic N) is 2. The Morgan fingerprint density at radius 3 is 2.25 bits per heavy atom. The molecule has 2 unspecified atom stereocenters. The molecule has 136 valence electrons. The number of carbonyl (C=O) groups is 1. The lowest BCUT2D eigenvalue weighted by molar-refractivity contribution is -0.137. The van der Waals surface area contributed by atoms with Gasteiger partial charge in [0, 0.05) is 48.8 Å². The number of piperazine rings is 1.